The number of hydrogen-bond acceptors (Lipinski definition) is 8. The molecule has 7 nitrogen and oxygen atoms in total. The number of ether oxygens (including phenoxy) is 2. The van der Waals surface area contributed by atoms with E-state index in [-0.39, 0.29) is 5.60 Å². The van der Waals surface area contributed by atoms with E-state index in [1.54, 1.807) is 11.3 Å². The normalized spacial score (nSPS) is 26.4. The Morgan fingerprint density at radius 3 is 3.04 bits per heavy atom. The van der Waals surface area contributed by atoms with Crippen LogP contribution in [0.4, 0.5) is 5.82 Å². The van der Waals surface area contributed by atoms with Crippen molar-refractivity contribution < 1.29 is 9.47 Å². The Labute approximate surface area is 164 Å². The van der Waals surface area contributed by atoms with Crippen LogP contribution in [0.5, 0.6) is 0 Å². The van der Waals surface area contributed by atoms with E-state index in [1.807, 2.05) is 19.1 Å². The van der Waals surface area contributed by atoms with Crippen LogP contribution in [0.1, 0.15) is 22.8 Å². The molecule has 8 heteroatoms. The summed E-state index contributed by atoms with van der Waals surface area (Å²) in [6, 6.07) is 3.94. The Balaban J connectivity index is 1.33. The zero-order chi connectivity index (χ0) is 18.7. The molecular formula is C19H27N5O2S. The highest BCUT2D eigenvalue weighted by Gasteiger charge is 2.43. The molecule has 2 aliphatic heterocycles. The minimum absolute atomic E-state index is 0.215. The third-order valence-electron chi connectivity index (χ3n) is 5.14. The van der Waals surface area contributed by atoms with E-state index in [2.05, 4.69) is 37.7 Å². The van der Waals surface area contributed by atoms with Crippen LogP contribution in [-0.2, 0) is 16.0 Å². The van der Waals surface area contributed by atoms with Crippen molar-refractivity contribution in [2.24, 2.45) is 5.92 Å². The van der Waals surface area contributed by atoms with Gasteiger partial charge in [-0.2, -0.15) is 5.10 Å². The van der Waals surface area contributed by atoms with Crippen molar-refractivity contribution in [3.05, 3.63) is 33.9 Å². The van der Waals surface area contributed by atoms with Gasteiger partial charge in [-0.05, 0) is 32.4 Å². The van der Waals surface area contributed by atoms with Gasteiger partial charge < -0.3 is 14.8 Å². The largest absolute Gasteiger partial charge is 0.377 e. The summed E-state index contributed by atoms with van der Waals surface area (Å²) in [4.78, 5) is 7.03. The van der Waals surface area contributed by atoms with E-state index in [0.29, 0.717) is 12.5 Å². The van der Waals surface area contributed by atoms with Crippen LogP contribution in [0.2, 0.25) is 0 Å². The summed E-state index contributed by atoms with van der Waals surface area (Å²) >= 11 is 1.71. The smallest absolute Gasteiger partial charge is 0.148 e. The summed E-state index contributed by atoms with van der Waals surface area (Å²) in [5.41, 5.74) is 1.85. The molecule has 0 aliphatic carbocycles. The van der Waals surface area contributed by atoms with Gasteiger partial charge in [0.05, 0.1) is 36.2 Å². The molecule has 0 amide bonds. The summed E-state index contributed by atoms with van der Waals surface area (Å²) in [7, 11) is 0. The Hall–Kier alpha value is -1.61. The fourth-order valence-electron chi connectivity index (χ4n) is 3.85. The minimum Gasteiger partial charge on any atom is -0.377 e. The van der Waals surface area contributed by atoms with Crippen molar-refractivity contribution in [1.82, 2.24) is 20.1 Å². The molecule has 0 saturated carbocycles. The first-order valence-corrected chi connectivity index (χ1v) is 10.4. The van der Waals surface area contributed by atoms with E-state index >= 15 is 0 Å². The molecule has 0 aromatic carbocycles. The number of anilines is 1. The van der Waals surface area contributed by atoms with Gasteiger partial charge in [-0.3, -0.25) is 4.90 Å². The van der Waals surface area contributed by atoms with Crippen LogP contribution < -0.4 is 5.32 Å². The van der Waals surface area contributed by atoms with Gasteiger partial charge in [0, 0.05) is 37.5 Å². The fourth-order valence-corrected chi connectivity index (χ4v) is 4.46. The van der Waals surface area contributed by atoms with Crippen molar-refractivity contribution in [2.45, 2.75) is 32.4 Å². The van der Waals surface area contributed by atoms with Gasteiger partial charge in [-0.25, -0.2) is 4.98 Å². The van der Waals surface area contributed by atoms with Crippen LogP contribution in [0.3, 0.4) is 0 Å². The Bertz CT molecular complexity index is 753. The van der Waals surface area contributed by atoms with E-state index in [0.717, 1.165) is 68.0 Å². The van der Waals surface area contributed by atoms with E-state index in [4.69, 9.17) is 9.47 Å². The molecule has 1 N–H and O–H groups in total. The maximum absolute atomic E-state index is 6.29. The van der Waals surface area contributed by atoms with Gasteiger partial charge in [0.25, 0.3) is 0 Å². The fraction of sp³-hybridized carbons (Fsp3) is 0.632. The predicted octanol–water partition coefficient (Wildman–Crippen LogP) is 2.27. The lowest BCUT2D eigenvalue weighted by molar-refractivity contribution is -0.0563. The zero-order valence-electron chi connectivity index (χ0n) is 16.0. The Morgan fingerprint density at radius 2 is 2.26 bits per heavy atom. The lowest BCUT2D eigenvalue weighted by Gasteiger charge is -2.30. The van der Waals surface area contributed by atoms with Crippen LogP contribution in [0.25, 0.3) is 0 Å². The number of thiazole rings is 1. The molecule has 4 rings (SSSR count). The average molecular weight is 390 g/mol. The Morgan fingerprint density at radius 1 is 1.33 bits per heavy atom. The highest BCUT2D eigenvalue weighted by atomic mass is 32.1. The third-order valence-corrected chi connectivity index (χ3v) is 5.96. The Kier molecular flexibility index (Phi) is 5.68. The number of nitrogens with one attached hydrogen (secondary N) is 1. The molecule has 0 radical (unpaired) electrons. The second kappa shape index (κ2) is 8.18. The van der Waals surface area contributed by atoms with E-state index < -0.39 is 0 Å². The molecule has 2 fully saturated rings. The monoisotopic (exact) mass is 389 g/mol. The molecule has 2 saturated heterocycles. The summed E-state index contributed by atoms with van der Waals surface area (Å²) in [6.45, 7) is 9.67. The van der Waals surface area contributed by atoms with Gasteiger partial charge in [0.1, 0.15) is 11.4 Å². The molecular weight excluding hydrogens is 362 g/mol. The quantitative estimate of drug-likeness (QED) is 0.841. The van der Waals surface area contributed by atoms with Crippen molar-refractivity contribution in [3.63, 3.8) is 0 Å². The van der Waals surface area contributed by atoms with Crippen LogP contribution >= 0.6 is 11.3 Å². The molecule has 2 atom stereocenters. The molecule has 0 bridgehead atoms. The molecule has 2 aromatic rings. The number of nitrogens with zero attached hydrogens (tertiary/aromatic N) is 4. The van der Waals surface area contributed by atoms with Crippen LogP contribution in [0.15, 0.2) is 17.5 Å². The van der Waals surface area contributed by atoms with E-state index in [1.165, 1.54) is 0 Å². The van der Waals surface area contributed by atoms with Gasteiger partial charge in [0.15, 0.2) is 0 Å². The standard InChI is InChI=1S/C19H27N5O2S/c1-14-3-4-18(23-22-14)20-8-16-7-19(26-10-16)12-24(5-6-25-13-19)9-17-11-27-15(2)21-17/h3-4,11,16H,5-10,12-13H2,1-2H3,(H,20,23)/t16-,19-/m0/s1. The van der Waals surface area contributed by atoms with Crippen molar-refractivity contribution in [3.8, 4) is 0 Å². The first kappa shape index (κ1) is 18.7. The molecule has 146 valence electrons. The van der Waals surface area contributed by atoms with Crippen molar-refractivity contribution in [1.29, 1.82) is 0 Å². The maximum atomic E-state index is 6.29. The van der Waals surface area contributed by atoms with Crippen LogP contribution in [0, 0.1) is 19.8 Å². The van der Waals surface area contributed by atoms with Crippen molar-refractivity contribution >= 4 is 17.2 Å². The molecule has 4 heterocycles. The SMILES string of the molecule is Cc1ccc(NC[C@H]2CO[C@@]3(COCCN(Cc4csc(C)n4)C3)C2)nn1. The highest BCUT2D eigenvalue weighted by Crippen LogP contribution is 2.33. The first-order valence-electron chi connectivity index (χ1n) is 9.49. The van der Waals surface area contributed by atoms with Gasteiger partial charge >= 0.3 is 0 Å². The van der Waals surface area contributed by atoms with E-state index in [9.17, 15) is 0 Å². The second-order valence-corrected chi connectivity index (χ2v) is 8.69. The molecule has 1 spiro atoms. The summed E-state index contributed by atoms with van der Waals surface area (Å²) < 4.78 is 12.2. The number of rotatable bonds is 5. The summed E-state index contributed by atoms with van der Waals surface area (Å²) in [5.74, 6) is 1.26. The van der Waals surface area contributed by atoms with Gasteiger partial charge in [-0.1, -0.05) is 0 Å². The van der Waals surface area contributed by atoms with Gasteiger partial charge in [-0.15, -0.1) is 16.4 Å². The molecule has 2 aromatic heterocycles. The first-order chi connectivity index (χ1) is 13.1. The lowest BCUT2D eigenvalue weighted by atomic mass is 9.94. The molecule has 0 unspecified atom stereocenters. The topological polar surface area (TPSA) is 72.4 Å². The average Bonchev–Trinajstić information content (AvgIpc) is 3.18. The number of aryl methyl sites for hydroxylation is 2. The number of aromatic nitrogens is 3. The zero-order valence-corrected chi connectivity index (χ0v) is 16.8. The lowest BCUT2D eigenvalue weighted by Crippen LogP contribution is -2.44. The molecule has 27 heavy (non-hydrogen) atoms. The summed E-state index contributed by atoms with van der Waals surface area (Å²) in [6.07, 6.45) is 0.992. The minimum atomic E-state index is -0.215. The third kappa shape index (κ3) is 4.82. The van der Waals surface area contributed by atoms with Crippen LogP contribution in [-0.4, -0.2) is 65.1 Å². The number of hydrogen-bond donors (Lipinski definition) is 1. The highest BCUT2D eigenvalue weighted by molar-refractivity contribution is 7.09. The maximum Gasteiger partial charge on any atom is 0.148 e. The predicted molar refractivity (Wildman–Crippen MR) is 105 cm³/mol. The van der Waals surface area contributed by atoms with Crippen molar-refractivity contribution in [2.75, 3.05) is 44.8 Å². The second-order valence-electron chi connectivity index (χ2n) is 7.63. The van der Waals surface area contributed by atoms with Gasteiger partial charge in [0.2, 0.25) is 0 Å². The molecule has 2 aliphatic rings. The summed E-state index contributed by atoms with van der Waals surface area (Å²) in [5, 5.41) is 14.9.